The number of non-ortho nitro benzene ring substituents is 1. The van der Waals surface area contributed by atoms with E-state index in [4.69, 9.17) is 0 Å². The van der Waals surface area contributed by atoms with Gasteiger partial charge in [-0.15, -0.1) is 0 Å². The van der Waals surface area contributed by atoms with Crippen molar-refractivity contribution >= 4 is 11.5 Å². The molecule has 3 aliphatic rings. The van der Waals surface area contributed by atoms with E-state index in [1.54, 1.807) is 0 Å². The predicted octanol–water partition coefficient (Wildman–Crippen LogP) is -1.62. The summed E-state index contributed by atoms with van der Waals surface area (Å²) in [6, 6.07) is 5.77. The number of aliphatic hydroxyl groups is 1. The molecule has 7 heteroatoms. The normalized spacial score (nSPS) is 29.7. The van der Waals surface area contributed by atoms with Gasteiger partial charge in [-0.1, -0.05) is 0 Å². The van der Waals surface area contributed by atoms with E-state index in [2.05, 4.69) is 0 Å². The van der Waals surface area contributed by atoms with E-state index in [1.165, 1.54) is 24.3 Å². The first-order valence-electron chi connectivity index (χ1n) is 7.30. The van der Waals surface area contributed by atoms with Gasteiger partial charge in [-0.25, -0.2) is 0 Å². The Balaban J connectivity index is 0.00000176. The number of halogens is 1. The van der Waals surface area contributed by atoms with Gasteiger partial charge in [-0.3, -0.25) is 14.9 Å². The zero-order valence-electron chi connectivity index (χ0n) is 12.2. The molecule has 0 radical (unpaired) electrons. The SMILES string of the molecule is O=C(C[N+]12CCC(CC1)C(O)C2)c1ccc([N+](=O)[O-])cc1.[I-]. The van der Waals surface area contributed by atoms with E-state index in [0.717, 1.165) is 25.9 Å². The Bertz CT molecular complexity index is 567. The highest BCUT2D eigenvalue weighted by Crippen LogP contribution is 2.34. The first kappa shape index (κ1) is 17.3. The van der Waals surface area contributed by atoms with Crippen LogP contribution in [0.3, 0.4) is 0 Å². The molecule has 1 aromatic rings. The number of hydrogen-bond donors (Lipinski definition) is 1. The van der Waals surface area contributed by atoms with Crippen LogP contribution in [0.15, 0.2) is 24.3 Å². The number of quaternary nitrogens is 1. The van der Waals surface area contributed by atoms with E-state index >= 15 is 0 Å². The van der Waals surface area contributed by atoms with Crippen molar-refractivity contribution in [3.05, 3.63) is 39.9 Å². The summed E-state index contributed by atoms with van der Waals surface area (Å²) in [5, 5.41) is 20.7. The van der Waals surface area contributed by atoms with Crippen molar-refractivity contribution in [2.24, 2.45) is 5.92 Å². The van der Waals surface area contributed by atoms with Crippen LogP contribution in [-0.2, 0) is 0 Å². The van der Waals surface area contributed by atoms with Crippen LogP contribution in [0.5, 0.6) is 0 Å². The molecule has 0 amide bonds. The Morgan fingerprint density at radius 3 is 2.36 bits per heavy atom. The number of Topliss-reactive ketones (excluding diaryl/α,β-unsaturated/α-hetero) is 1. The number of piperidine rings is 3. The van der Waals surface area contributed by atoms with Gasteiger partial charge in [0.2, 0.25) is 5.78 Å². The Kier molecular flexibility index (Phi) is 5.18. The van der Waals surface area contributed by atoms with Crippen LogP contribution < -0.4 is 24.0 Å². The maximum absolute atomic E-state index is 12.4. The molecule has 3 fully saturated rings. The lowest BCUT2D eigenvalue weighted by Gasteiger charge is -2.50. The molecule has 6 nitrogen and oxygen atoms in total. The topological polar surface area (TPSA) is 80.4 Å². The lowest BCUT2D eigenvalue weighted by Crippen LogP contribution is -3.00. The van der Waals surface area contributed by atoms with Gasteiger partial charge in [-0.05, 0) is 12.1 Å². The Labute approximate surface area is 145 Å². The van der Waals surface area contributed by atoms with Gasteiger partial charge in [0.05, 0.1) is 18.0 Å². The van der Waals surface area contributed by atoms with Crippen molar-refractivity contribution < 1.29 is 43.3 Å². The van der Waals surface area contributed by atoms with Crippen molar-refractivity contribution in [1.29, 1.82) is 0 Å². The number of fused-ring (bicyclic) bond motifs is 3. The van der Waals surface area contributed by atoms with Gasteiger partial charge in [0, 0.05) is 36.5 Å². The molecule has 3 aliphatic heterocycles. The summed E-state index contributed by atoms with van der Waals surface area (Å²) in [6.45, 7) is 2.92. The van der Waals surface area contributed by atoms with Crippen molar-refractivity contribution in [3.8, 4) is 0 Å². The second-order valence-electron chi connectivity index (χ2n) is 6.26. The van der Waals surface area contributed by atoms with Gasteiger partial charge in [0.15, 0.2) is 0 Å². The minimum atomic E-state index is -0.470. The van der Waals surface area contributed by atoms with Gasteiger partial charge < -0.3 is 33.6 Å². The summed E-state index contributed by atoms with van der Waals surface area (Å²) in [6.07, 6.45) is 1.67. The van der Waals surface area contributed by atoms with E-state index in [9.17, 15) is 20.0 Å². The minimum Gasteiger partial charge on any atom is -1.00 e. The summed E-state index contributed by atoms with van der Waals surface area (Å²) < 4.78 is 0.660. The number of carbonyl (C=O) groups excluding carboxylic acids is 1. The highest BCUT2D eigenvalue weighted by atomic mass is 127. The fourth-order valence-electron chi connectivity index (χ4n) is 3.64. The minimum absolute atomic E-state index is 0. The first-order valence-corrected chi connectivity index (χ1v) is 7.30. The molecule has 3 saturated heterocycles. The molecule has 2 bridgehead atoms. The van der Waals surface area contributed by atoms with Gasteiger partial charge in [-0.2, -0.15) is 0 Å². The number of nitro benzene ring substituents is 1. The van der Waals surface area contributed by atoms with E-state index in [0.29, 0.717) is 29.1 Å². The molecule has 4 rings (SSSR count). The quantitative estimate of drug-likeness (QED) is 0.210. The smallest absolute Gasteiger partial charge is 0.269 e. The maximum Gasteiger partial charge on any atom is 0.269 e. The van der Waals surface area contributed by atoms with Crippen LogP contribution >= 0.6 is 0 Å². The zero-order valence-corrected chi connectivity index (χ0v) is 14.3. The van der Waals surface area contributed by atoms with Crippen LogP contribution in [0.4, 0.5) is 5.69 Å². The molecule has 0 spiro atoms. The molecule has 0 aliphatic carbocycles. The lowest BCUT2D eigenvalue weighted by molar-refractivity contribution is -0.938. The third-order valence-electron chi connectivity index (χ3n) is 4.95. The van der Waals surface area contributed by atoms with Crippen LogP contribution in [0.25, 0.3) is 0 Å². The number of nitrogens with zero attached hydrogens (tertiary/aromatic N) is 2. The molecule has 1 aromatic carbocycles. The number of aliphatic hydroxyl groups excluding tert-OH is 1. The fourth-order valence-corrected chi connectivity index (χ4v) is 3.64. The zero-order chi connectivity index (χ0) is 15.0. The van der Waals surface area contributed by atoms with Gasteiger partial charge in [0.1, 0.15) is 19.2 Å². The number of carbonyl (C=O) groups is 1. The second kappa shape index (κ2) is 6.59. The van der Waals surface area contributed by atoms with Gasteiger partial charge >= 0.3 is 0 Å². The van der Waals surface area contributed by atoms with Gasteiger partial charge in [0.25, 0.3) is 5.69 Å². The molecule has 22 heavy (non-hydrogen) atoms. The summed E-state index contributed by atoms with van der Waals surface area (Å²) in [5.74, 6) is 0.400. The molecule has 1 unspecified atom stereocenters. The standard InChI is InChI=1S/C15H19N2O4.HI/c18-14(11-1-3-13(4-2-11)16(20)21)9-17-7-5-12(6-8-17)15(19)10-17;/h1-4,12,15,19H,5-10H2;1H/q+1;/p-1. The van der Waals surface area contributed by atoms with Crippen molar-refractivity contribution in [1.82, 2.24) is 0 Å². The number of nitro groups is 1. The third kappa shape index (κ3) is 3.31. The predicted molar refractivity (Wildman–Crippen MR) is 75.9 cm³/mol. The number of hydrogen-bond acceptors (Lipinski definition) is 4. The third-order valence-corrected chi connectivity index (χ3v) is 4.95. The summed E-state index contributed by atoms with van der Waals surface area (Å²) in [7, 11) is 0. The van der Waals surface area contributed by atoms with Crippen LogP contribution in [0, 0.1) is 16.0 Å². The summed E-state index contributed by atoms with van der Waals surface area (Å²) in [5.41, 5.74) is 0.503. The molecule has 1 N–H and O–H groups in total. The lowest BCUT2D eigenvalue weighted by atomic mass is 9.83. The average Bonchev–Trinajstić information content (AvgIpc) is 2.47. The second-order valence-corrected chi connectivity index (χ2v) is 6.26. The number of benzene rings is 1. The first-order chi connectivity index (χ1) is 9.99. The highest BCUT2D eigenvalue weighted by Gasteiger charge is 2.46. The Morgan fingerprint density at radius 1 is 1.27 bits per heavy atom. The molecular formula is C15H19IN2O4. The molecule has 0 saturated carbocycles. The Hall–Kier alpha value is -1.06. The highest BCUT2D eigenvalue weighted by molar-refractivity contribution is 5.97. The van der Waals surface area contributed by atoms with Crippen molar-refractivity contribution in [2.75, 3.05) is 26.2 Å². The van der Waals surface area contributed by atoms with E-state index in [-0.39, 0.29) is 41.6 Å². The molecule has 0 aromatic heterocycles. The number of rotatable bonds is 4. The van der Waals surface area contributed by atoms with E-state index in [1.807, 2.05) is 0 Å². The number of ketones is 1. The monoisotopic (exact) mass is 418 g/mol. The maximum atomic E-state index is 12.4. The molecule has 120 valence electrons. The largest absolute Gasteiger partial charge is 1.00 e. The molecule has 3 heterocycles. The van der Waals surface area contributed by atoms with E-state index < -0.39 is 4.92 Å². The fraction of sp³-hybridized carbons (Fsp3) is 0.533. The van der Waals surface area contributed by atoms with Crippen LogP contribution in [0.2, 0.25) is 0 Å². The van der Waals surface area contributed by atoms with Crippen LogP contribution in [-0.4, -0.2) is 52.6 Å². The summed E-state index contributed by atoms with van der Waals surface area (Å²) >= 11 is 0. The molecular weight excluding hydrogens is 399 g/mol. The Morgan fingerprint density at radius 2 is 1.86 bits per heavy atom. The summed E-state index contributed by atoms with van der Waals surface area (Å²) in [4.78, 5) is 22.6. The van der Waals surface area contributed by atoms with Crippen LogP contribution in [0.1, 0.15) is 23.2 Å². The van der Waals surface area contributed by atoms with Crippen molar-refractivity contribution in [2.45, 2.75) is 18.9 Å². The molecule has 1 atom stereocenters. The van der Waals surface area contributed by atoms with Crippen molar-refractivity contribution in [3.63, 3.8) is 0 Å². The average molecular weight is 418 g/mol.